The zero-order valence-corrected chi connectivity index (χ0v) is 12.4. The van der Waals surface area contributed by atoms with E-state index < -0.39 is 5.97 Å². The largest absolute Gasteiger partial charge is 0.422 e. The molecule has 0 atom stereocenters. The topological polar surface area (TPSA) is 47.9 Å². The molecule has 0 heterocycles. The molecule has 5 heteroatoms. The van der Waals surface area contributed by atoms with Gasteiger partial charge in [0.15, 0.2) is 0 Å². The third-order valence-electron chi connectivity index (χ3n) is 2.80. The van der Waals surface area contributed by atoms with E-state index in [9.17, 15) is 4.79 Å². The summed E-state index contributed by atoms with van der Waals surface area (Å²) in [5.41, 5.74) is 1.61. The van der Waals surface area contributed by atoms with Crippen molar-refractivity contribution >= 4 is 23.3 Å². The first kappa shape index (κ1) is 15.1. The Balaban J connectivity index is 2.30. The van der Waals surface area contributed by atoms with Gasteiger partial charge in [-0.25, -0.2) is 4.79 Å². The molecule has 108 valence electrons. The summed E-state index contributed by atoms with van der Waals surface area (Å²) in [6, 6.07) is 13.8. The number of esters is 1. The second-order valence-corrected chi connectivity index (χ2v) is 4.63. The van der Waals surface area contributed by atoms with E-state index >= 15 is 0 Å². The highest BCUT2D eigenvalue weighted by molar-refractivity contribution is 6.33. The quantitative estimate of drug-likeness (QED) is 0.372. The van der Waals surface area contributed by atoms with E-state index in [-0.39, 0.29) is 0 Å². The van der Waals surface area contributed by atoms with Gasteiger partial charge in [-0.2, -0.15) is 0 Å². The normalized spacial score (nSPS) is 11.1. The van der Waals surface area contributed by atoms with Crippen LogP contribution in [-0.2, 0) is 4.84 Å². The molecule has 0 amide bonds. The molecule has 4 nitrogen and oxygen atoms in total. The molecule has 0 saturated heterocycles. The molecule has 0 saturated carbocycles. The van der Waals surface area contributed by atoms with Crippen LogP contribution in [0.1, 0.15) is 22.8 Å². The first-order valence-electron chi connectivity index (χ1n) is 6.27. The number of benzene rings is 2. The monoisotopic (exact) mass is 303 g/mol. The lowest BCUT2D eigenvalue weighted by Gasteiger charge is -2.10. The molecule has 0 unspecified atom stereocenters. The van der Waals surface area contributed by atoms with Crippen LogP contribution in [0.15, 0.2) is 53.7 Å². The molecule has 0 bridgehead atoms. The molecular weight excluding hydrogens is 290 g/mol. The van der Waals surface area contributed by atoms with Crippen molar-refractivity contribution in [2.45, 2.75) is 6.92 Å². The molecule has 21 heavy (non-hydrogen) atoms. The number of nitrogens with zero attached hydrogens (tertiary/aromatic N) is 1. The highest BCUT2D eigenvalue weighted by atomic mass is 35.5. The van der Waals surface area contributed by atoms with E-state index in [4.69, 9.17) is 21.2 Å². The molecule has 2 rings (SSSR count). The molecule has 2 aromatic rings. The maximum Gasteiger partial charge on any atom is 0.345 e. The van der Waals surface area contributed by atoms with Crippen molar-refractivity contribution < 1.29 is 14.4 Å². The molecular formula is C16H14ClNO3. The number of carbonyl (C=O) groups excluding carboxylic acids is 1. The van der Waals surface area contributed by atoms with Crippen LogP contribution in [-0.4, -0.2) is 18.8 Å². The van der Waals surface area contributed by atoms with Crippen LogP contribution in [0.4, 0.5) is 0 Å². The van der Waals surface area contributed by atoms with Gasteiger partial charge in [0, 0.05) is 5.56 Å². The van der Waals surface area contributed by atoms with Gasteiger partial charge in [0.25, 0.3) is 0 Å². The zero-order valence-electron chi connectivity index (χ0n) is 11.7. The summed E-state index contributed by atoms with van der Waals surface area (Å²) in [5, 5.41) is 4.20. The predicted octanol–water partition coefficient (Wildman–Crippen LogP) is 3.93. The van der Waals surface area contributed by atoms with Crippen molar-refractivity contribution in [3.05, 3.63) is 64.7 Å². The molecule has 0 aliphatic heterocycles. The van der Waals surface area contributed by atoms with Gasteiger partial charge in [-0.15, -0.1) is 0 Å². The summed E-state index contributed by atoms with van der Waals surface area (Å²) in [6.07, 6.45) is 0. The van der Waals surface area contributed by atoms with Crippen LogP contribution in [0, 0.1) is 0 Å². The average molecular weight is 304 g/mol. The number of ether oxygens (including phenoxy) is 1. The number of hydrogen-bond donors (Lipinski definition) is 0. The minimum Gasteiger partial charge on any atom is -0.422 e. The van der Waals surface area contributed by atoms with E-state index in [2.05, 4.69) is 5.16 Å². The Bertz CT molecular complexity index is 683. The Morgan fingerprint density at radius 1 is 1.05 bits per heavy atom. The lowest BCUT2D eigenvalue weighted by atomic mass is 10.1. The van der Waals surface area contributed by atoms with Gasteiger partial charge >= 0.3 is 5.97 Å². The third kappa shape index (κ3) is 3.61. The Morgan fingerprint density at radius 2 is 1.67 bits per heavy atom. The number of hydrogen-bond acceptors (Lipinski definition) is 4. The van der Waals surface area contributed by atoms with Crippen LogP contribution in [0.25, 0.3) is 0 Å². The molecule has 0 aromatic heterocycles. The van der Waals surface area contributed by atoms with Gasteiger partial charge in [-0.05, 0) is 31.2 Å². The number of oxime groups is 1. The Morgan fingerprint density at radius 3 is 2.33 bits per heavy atom. The average Bonchev–Trinajstić information content (AvgIpc) is 2.48. The van der Waals surface area contributed by atoms with Gasteiger partial charge in [-0.1, -0.05) is 41.0 Å². The van der Waals surface area contributed by atoms with Crippen molar-refractivity contribution in [2.75, 3.05) is 7.11 Å². The predicted molar refractivity (Wildman–Crippen MR) is 82.1 cm³/mol. The van der Waals surface area contributed by atoms with Crippen LogP contribution in [0.3, 0.4) is 0 Å². The Labute approximate surface area is 127 Å². The smallest absolute Gasteiger partial charge is 0.345 e. The number of para-hydroxylation sites is 1. The van der Waals surface area contributed by atoms with E-state index in [0.29, 0.717) is 27.6 Å². The van der Waals surface area contributed by atoms with Gasteiger partial charge in [-0.3, -0.25) is 0 Å². The Hall–Kier alpha value is -2.33. The summed E-state index contributed by atoms with van der Waals surface area (Å²) in [7, 11) is 1.46. The molecule has 0 radical (unpaired) electrons. The number of rotatable bonds is 4. The molecule has 0 N–H and O–H groups in total. The lowest BCUT2D eigenvalue weighted by molar-refractivity contribution is 0.0734. The van der Waals surface area contributed by atoms with Crippen LogP contribution in [0.5, 0.6) is 5.75 Å². The van der Waals surface area contributed by atoms with Gasteiger partial charge in [0.05, 0.1) is 16.3 Å². The first-order chi connectivity index (χ1) is 10.1. The molecule has 0 spiro atoms. The molecule has 0 aliphatic rings. The summed E-state index contributed by atoms with van der Waals surface area (Å²) < 4.78 is 5.42. The zero-order chi connectivity index (χ0) is 15.2. The van der Waals surface area contributed by atoms with Gasteiger partial charge in [0.2, 0.25) is 0 Å². The molecule has 0 fully saturated rings. The van der Waals surface area contributed by atoms with Crippen molar-refractivity contribution in [1.82, 2.24) is 0 Å². The second-order valence-electron chi connectivity index (χ2n) is 4.22. The van der Waals surface area contributed by atoms with Crippen LogP contribution < -0.4 is 4.74 Å². The van der Waals surface area contributed by atoms with Crippen molar-refractivity contribution in [3.63, 3.8) is 0 Å². The SMILES string of the molecule is CO/N=C(\C)c1ccccc1OC(=O)c1ccccc1Cl. The molecule has 2 aromatic carbocycles. The van der Waals surface area contributed by atoms with E-state index in [1.807, 2.05) is 6.07 Å². The van der Waals surface area contributed by atoms with Crippen molar-refractivity contribution in [2.24, 2.45) is 5.16 Å². The summed E-state index contributed by atoms with van der Waals surface area (Å²) >= 11 is 5.99. The van der Waals surface area contributed by atoms with Gasteiger partial charge < -0.3 is 9.57 Å². The van der Waals surface area contributed by atoms with Crippen molar-refractivity contribution in [1.29, 1.82) is 0 Å². The highest BCUT2D eigenvalue weighted by Gasteiger charge is 2.15. The lowest BCUT2D eigenvalue weighted by Crippen LogP contribution is -2.11. The Kier molecular flexibility index (Phi) is 4.95. The van der Waals surface area contributed by atoms with Crippen LogP contribution >= 0.6 is 11.6 Å². The van der Waals surface area contributed by atoms with E-state index in [1.165, 1.54) is 7.11 Å². The maximum absolute atomic E-state index is 12.2. The second kappa shape index (κ2) is 6.90. The van der Waals surface area contributed by atoms with Crippen LogP contribution in [0.2, 0.25) is 5.02 Å². The molecule has 0 aliphatic carbocycles. The van der Waals surface area contributed by atoms with E-state index in [1.54, 1.807) is 49.4 Å². The fraction of sp³-hybridized carbons (Fsp3) is 0.125. The third-order valence-corrected chi connectivity index (χ3v) is 3.13. The highest BCUT2D eigenvalue weighted by Crippen LogP contribution is 2.22. The summed E-state index contributed by atoms with van der Waals surface area (Å²) in [6.45, 7) is 1.77. The first-order valence-corrected chi connectivity index (χ1v) is 6.65. The minimum atomic E-state index is -0.515. The van der Waals surface area contributed by atoms with Gasteiger partial charge in [0.1, 0.15) is 12.9 Å². The fourth-order valence-corrected chi connectivity index (χ4v) is 2.04. The summed E-state index contributed by atoms with van der Waals surface area (Å²) in [5.74, 6) is -0.112. The fourth-order valence-electron chi connectivity index (χ4n) is 1.82. The summed E-state index contributed by atoms with van der Waals surface area (Å²) in [4.78, 5) is 16.9. The standard InChI is InChI=1S/C16H14ClNO3/c1-11(18-20-2)12-7-4-6-10-15(12)21-16(19)13-8-3-5-9-14(13)17/h3-10H,1-2H3/b18-11+. The van der Waals surface area contributed by atoms with E-state index in [0.717, 1.165) is 0 Å². The van der Waals surface area contributed by atoms with Crippen molar-refractivity contribution in [3.8, 4) is 5.75 Å². The minimum absolute atomic E-state index is 0.315. The number of halogens is 1. The maximum atomic E-state index is 12.2. The number of carbonyl (C=O) groups is 1.